The summed E-state index contributed by atoms with van der Waals surface area (Å²) in [7, 11) is -7.32. The Bertz CT molecular complexity index is 284. The molecule has 0 saturated heterocycles. The summed E-state index contributed by atoms with van der Waals surface area (Å²) in [6, 6.07) is 1.06. The summed E-state index contributed by atoms with van der Waals surface area (Å²) in [6.07, 6.45) is 1.12. The molecule has 1 atom stereocenters. The van der Waals surface area contributed by atoms with Crippen LogP contribution in [0, 0.1) is 0 Å². The summed E-state index contributed by atoms with van der Waals surface area (Å²) < 4.78 is 19.3. The standard InChI is InChI=1S/C12H34O3Si4/c1-11-12-19(10,14-17(5,6)7)15-18(8,9)13-16(2,3)4/h11-12H2,1-10H3. The van der Waals surface area contributed by atoms with Crippen LogP contribution in [0.5, 0.6) is 0 Å². The van der Waals surface area contributed by atoms with Crippen molar-refractivity contribution in [3.05, 3.63) is 0 Å². The second-order valence-corrected chi connectivity index (χ2v) is 24.3. The van der Waals surface area contributed by atoms with Gasteiger partial charge in [-0.25, -0.2) is 0 Å². The molecule has 0 aliphatic carbocycles. The van der Waals surface area contributed by atoms with Crippen LogP contribution < -0.4 is 0 Å². The topological polar surface area (TPSA) is 27.7 Å². The van der Waals surface area contributed by atoms with Gasteiger partial charge in [0.1, 0.15) is 0 Å². The first-order valence-corrected chi connectivity index (χ1v) is 19.4. The number of rotatable bonds is 8. The summed E-state index contributed by atoms with van der Waals surface area (Å²) in [5, 5.41) is 0. The molecule has 0 heterocycles. The highest BCUT2D eigenvalue weighted by Crippen LogP contribution is 2.27. The third-order valence-electron chi connectivity index (χ3n) is 2.24. The van der Waals surface area contributed by atoms with E-state index < -0.39 is 33.8 Å². The van der Waals surface area contributed by atoms with Gasteiger partial charge in [-0.1, -0.05) is 13.3 Å². The van der Waals surface area contributed by atoms with Gasteiger partial charge in [0.15, 0.2) is 16.6 Å². The number of hydrogen-bond donors (Lipinski definition) is 0. The summed E-state index contributed by atoms with van der Waals surface area (Å²) >= 11 is 0. The Morgan fingerprint density at radius 1 is 0.632 bits per heavy atom. The van der Waals surface area contributed by atoms with Crippen molar-refractivity contribution in [3.8, 4) is 0 Å². The fourth-order valence-electron chi connectivity index (χ4n) is 2.50. The van der Waals surface area contributed by atoms with Crippen molar-refractivity contribution in [1.82, 2.24) is 0 Å². The SMILES string of the molecule is CCC[Si](C)(O[Si](C)(C)C)O[Si](C)(C)O[Si](C)(C)C. The third kappa shape index (κ3) is 10.2. The van der Waals surface area contributed by atoms with Crippen LogP contribution >= 0.6 is 0 Å². The summed E-state index contributed by atoms with van der Waals surface area (Å²) in [5.41, 5.74) is 0. The van der Waals surface area contributed by atoms with E-state index in [0.29, 0.717) is 0 Å². The van der Waals surface area contributed by atoms with Crippen LogP contribution in [0.4, 0.5) is 0 Å². The van der Waals surface area contributed by atoms with Crippen LogP contribution in [0.2, 0.25) is 65.0 Å². The van der Waals surface area contributed by atoms with E-state index in [2.05, 4.69) is 65.8 Å². The minimum absolute atomic E-state index is 1.06. The molecule has 0 aromatic heterocycles. The lowest BCUT2D eigenvalue weighted by atomic mass is 10.6. The molecule has 0 amide bonds. The molecule has 0 spiro atoms. The zero-order valence-corrected chi connectivity index (χ0v) is 18.6. The normalized spacial score (nSPS) is 17.4. The maximum atomic E-state index is 6.52. The zero-order valence-electron chi connectivity index (χ0n) is 14.6. The predicted molar refractivity (Wildman–Crippen MR) is 94.1 cm³/mol. The molecule has 7 heteroatoms. The van der Waals surface area contributed by atoms with Crippen molar-refractivity contribution < 1.29 is 12.3 Å². The quantitative estimate of drug-likeness (QED) is 0.590. The molecule has 0 radical (unpaired) electrons. The van der Waals surface area contributed by atoms with E-state index in [-0.39, 0.29) is 0 Å². The van der Waals surface area contributed by atoms with Gasteiger partial charge in [0.25, 0.3) is 0 Å². The van der Waals surface area contributed by atoms with Gasteiger partial charge in [-0.15, -0.1) is 0 Å². The first-order valence-electron chi connectivity index (χ1n) is 7.29. The van der Waals surface area contributed by atoms with E-state index in [0.717, 1.165) is 12.5 Å². The van der Waals surface area contributed by atoms with Crippen molar-refractivity contribution in [3.63, 3.8) is 0 Å². The Morgan fingerprint density at radius 3 is 1.37 bits per heavy atom. The van der Waals surface area contributed by atoms with Crippen LogP contribution in [0.3, 0.4) is 0 Å². The maximum Gasteiger partial charge on any atom is 0.315 e. The van der Waals surface area contributed by atoms with Crippen molar-refractivity contribution in [2.24, 2.45) is 0 Å². The van der Waals surface area contributed by atoms with Crippen molar-refractivity contribution in [2.45, 2.75) is 78.3 Å². The molecule has 0 fully saturated rings. The van der Waals surface area contributed by atoms with Gasteiger partial charge < -0.3 is 12.3 Å². The molecule has 19 heavy (non-hydrogen) atoms. The second kappa shape index (κ2) is 6.67. The summed E-state index contributed by atoms with van der Waals surface area (Å²) in [6.45, 7) is 22.2. The van der Waals surface area contributed by atoms with E-state index in [1.165, 1.54) is 0 Å². The number of hydrogen-bond acceptors (Lipinski definition) is 3. The largest absolute Gasteiger partial charge is 0.437 e. The Morgan fingerprint density at radius 2 is 1.05 bits per heavy atom. The van der Waals surface area contributed by atoms with Crippen LogP contribution in [0.25, 0.3) is 0 Å². The fourth-order valence-corrected chi connectivity index (χ4v) is 20.6. The molecule has 0 saturated carbocycles. The average Bonchev–Trinajstić information content (AvgIpc) is 1.90. The Kier molecular flexibility index (Phi) is 6.94. The Labute approximate surface area is 124 Å². The van der Waals surface area contributed by atoms with Gasteiger partial charge >= 0.3 is 17.1 Å². The highest BCUT2D eigenvalue weighted by Gasteiger charge is 2.43. The van der Waals surface area contributed by atoms with Gasteiger partial charge in [0.05, 0.1) is 0 Å². The van der Waals surface area contributed by atoms with Crippen LogP contribution in [-0.4, -0.2) is 33.8 Å². The lowest BCUT2D eigenvalue weighted by Crippen LogP contribution is -2.56. The zero-order chi connectivity index (χ0) is 15.5. The smallest absolute Gasteiger partial charge is 0.315 e. The molecule has 0 aromatic carbocycles. The lowest BCUT2D eigenvalue weighted by molar-refractivity contribution is 0.323. The fraction of sp³-hybridized carbons (Fsp3) is 1.00. The second-order valence-electron chi connectivity index (χ2n) is 7.81. The van der Waals surface area contributed by atoms with E-state index >= 15 is 0 Å². The first kappa shape index (κ1) is 19.7. The minimum atomic E-state index is -2.10. The van der Waals surface area contributed by atoms with Crippen LogP contribution in [0.1, 0.15) is 13.3 Å². The van der Waals surface area contributed by atoms with Crippen LogP contribution in [0.15, 0.2) is 0 Å². The summed E-state index contributed by atoms with van der Waals surface area (Å²) in [5.74, 6) is 0. The van der Waals surface area contributed by atoms with Gasteiger partial charge in [0, 0.05) is 0 Å². The molecule has 116 valence electrons. The molecule has 1 unspecified atom stereocenters. The molecular weight excluding hydrogens is 304 g/mol. The van der Waals surface area contributed by atoms with Gasteiger partial charge in [-0.05, 0) is 65.0 Å². The minimum Gasteiger partial charge on any atom is -0.437 e. The molecule has 0 N–H and O–H groups in total. The Balaban J connectivity index is 4.91. The Hall–Kier alpha value is 0.748. The molecule has 0 aliphatic heterocycles. The van der Waals surface area contributed by atoms with Crippen LogP contribution in [-0.2, 0) is 12.3 Å². The third-order valence-corrected chi connectivity index (χ3v) is 15.9. The molecular formula is C12H34O3Si4. The lowest BCUT2D eigenvalue weighted by Gasteiger charge is -2.41. The van der Waals surface area contributed by atoms with E-state index in [1.807, 2.05) is 0 Å². The van der Waals surface area contributed by atoms with E-state index in [1.54, 1.807) is 0 Å². The highest BCUT2D eigenvalue weighted by molar-refractivity contribution is 6.89. The molecule has 0 aliphatic rings. The van der Waals surface area contributed by atoms with E-state index in [9.17, 15) is 0 Å². The first-order chi connectivity index (χ1) is 8.18. The van der Waals surface area contributed by atoms with Gasteiger partial charge in [-0.3, -0.25) is 0 Å². The highest BCUT2D eigenvalue weighted by atomic mass is 28.5. The monoisotopic (exact) mass is 338 g/mol. The molecule has 0 rings (SSSR count). The van der Waals surface area contributed by atoms with Crippen molar-refractivity contribution in [2.75, 3.05) is 0 Å². The van der Waals surface area contributed by atoms with Crippen molar-refractivity contribution >= 4 is 33.8 Å². The molecule has 0 aromatic rings. The maximum absolute atomic E-state index is 6.52. The van der Waals surface area contributed by atoms with E-state index in [4.69, 9.17) is 12.3 Å². The molecule has 3 nitrogen and oxygen atoms in total. The predicted octanol–water partition coefficient (Wildman–Crippen LogP) is 4.89. The summed E-state index contributed by atoms with van der Waals surface area (Å²) in [4.78, 5) is 0. The van der Waals surface area contributed by atoms with Gasteiger partial charge in [0.2, 0.25) is 0 Å². The van der Waals surface area contributed by atoms with Gasteiger partial charge in [-0.2, -0.15) is 0 Å². The average molecular weight is 339 g/mol. The van der Waals surface area contributed by atoms with Crippen molar-refractivity contribution in [1.29, 1.82) is 0 Å². The molecule has 0 bridgehead atoms.